The molecule has 1 aliphatic carbocycles. The van der Waals surface area contributed by atoms with Gasteiger partial charge in [0, 0.05) is 44.4 Å². The van der Waals surface area contributed by atoms with Gasteiger partial charge in [0.05, 0.1) is 17.0 Å². The molecule has 1 amide bonds. The van der Waals surface area contributed by atoms with E-state index in [1.165, 1.54) is 6.33 Å². The lowest BCUT2D eigenvalue weighted by Crippen LogP contribution is -2.48. The van der Waals surface area contributed by atoms with Gasteiger partial charge in [0.2, 0.25) is 0 Å². The molecule has 7 nitrogen and oxygen atoms in total. The topological polar surface area (TPSA) is 75.9 Å². The predicted octanol–water partition coefficient (Wildman–Crippen LogP) is 1.79. The number of carbonyl (C=O) groups excluding carboxylic acids is 1. The summed E-state index contributed by atoms with van der Waals surface area (Å²) in [5, 5.41) is 7.62. The summed E-state index contributed by atoms with van der Waals surface area (Å²) in [5.74, 6) is 1.50. The molecule has 2 aromatic rings. The van der Waals surface area contributed by atoms with Crippen molar-refractivity contribution in [3.8, 4) is 0 Å². The first kappa shape index (κ1) is 16.1. The Morgan fingerprint density at radius 2 is 2.16 bits per heavy atom. The lowest BCUT2D eigenvalue weighted by molar-refractivity contribution is 0.0931. The van der Waals surface area contributed by atoms with Crippen molar-refractivity contribution < 1.29 is 4.79 Å². The van der Waals surface area contributed by atoms with Crippen molar-refractivity contribution in [3.63, 3.8) is 0 Å². The zero-order chi connectivity index (χ0) is 17.4. The zero-order valence-electron chi connectivity index (χ0n) is 14.8. The highest BCUT2D eigenvalue weighted by atomic mass is 16.1. The molecule has 1 N–H and O–H groups in total. The van der Waals surface area contributed by atoms with Crippen LogP contribution in [0.2, 0.25) is 0 Å². The van der Waals surface area contributed by atoms with Gasteiger partial charge in [0.25, 0.3) is 5.91 Å². The van der Waals surface area contributed by atoms with Crippen molar-refractivity contribution in [2.24, 2.45) is 7.05 Å². The molecule has 0 spiro atoms. The van der Waals surface area contributed by atoms with Crippen LogP contribution in [-0.4, -0.2) is 44.8 Å². The second-order valence-electron chi connectivity index (χ2n) is 7.12. The van der Waals surface area contributed by atoms with Crippen molar-refractivity contribution in [3.05, 3.63) is 35.5 Å². The molecular weight excluding hydrogens is 316 g/mol. The molecule has 132 valence electrons. The van der Waals surface area contributed by atoms with Gasteiger partial charge in [-0.2, -0.15) is 5.10 Å². The average molecular weight is 340 g/mol. The highest BCUT2D eigenvalue weighted by Gasteiger charge is 2.31. The lowest BCUT2D eigenvalue weighted by Gasteiger charge is -2.34. The molecule has 3 heterocycles. The van der Waals surface area contributed by atoms with Crippen LogP contribution < -0.4 is 10.2 Å². The van der Waals surface area contributed by atoms with Gasteiger partial charge in [-0.3, -0.25) is 9.48 Å². The molecule has 25 heavy (non-hydrogen) atoms. The number of carbonyl (C=O) groups is 1. The molecule has 0 aromatic carbocycles. The van der Waals surface area contributed by atoms with Gasteiger partial charge in [-0.15, -0.1) is 0 Å². The van der Waals surface area contributed by atoms with E-state index in [0.29, 0.717) is 11.5 Å². The lowest BCUT2D eigenvalue weighted by atomic mass is 10.0. The van der Waals surface area contributed by atoms with Crippen LogP contribution in [-0.2, 0) is 7.05 Å². The number of hydrogen-bond acceptors (Lipinski definition) is 5. The van der Waals surface area contributed by atoms with E-state index < -0.39 is 0 Å². The van der Waals surface area contributed by atoms with Crippen LogP contribution in [0.25, 0.3) is 0 Å². The van der Waals surface area contributed by atoms with Crippen molar-refractivity contribution in [2.45, 2.75) is 44.6 Å². The average Bonchev–Trinajstić information content (AvgIpc) is 3.39. The Kier molecular flexibility index (Phi) is 4.15. The minimum Gasteiger partial charge on any atom is -0.355 e. The van der Waals surface area contributed by atoms with Crippen LogP contribution in [0.1, 0.15) is 53.3 Å². The highest BCUT2D eigenvalue weighted by Crippen LogP contribution is 2.40. The summed E-state index contributed by atoms with van der Waals surface area (Å²) in [7, 11) is 1.97. The van der Waals surface area contributed by atoms with Gasteiger partial charge in [0.15, 0.2) is 0 Å². The van der Waals surface area contributed by atoms with Gasteiger partial charge >= 0.3 is 0 Å². The standard InChI is InChI=1S/C18H24N6O/c1-12-8-16(23(2)22-12)24-7-3-4-14(10-24)21-18(25)15-9-19-11-20-17(15)13-5-6-13/h8-9,11,13-14H,3-7,10H2,1-2H3,(H,21,25). The maximum Gasteiger partial charge on any atom is 0.254 e. The molecule has 1 atom stereocenters. The maximum atomic E-state index is 12.8. The second-order valence-corrected chi connectivity index (χ2v) is 7.12. The first-order valence-corrected chi connectivity index (χ1v) is 8.98. The van der Waals surface area contributed by atoms with Gasteiger partial charge in [-0.25, -0.2) is 9.97 Å². The fraction of sp³-hybridized carbons (Fsp3) is 0.556. The van der Waals surface area contributed by atoms with Gasteiger partial charge < -0.3 is 10.2 Å². The minimum atomic E-state index is -0.0458. The smallest absolute Gasteiger partial charge is 0.254 e. The van der Waals surface area contributed by atoms with Gasteiger partial charge in [-0.05, 0) is 32.6 Å². The second kappa shape index (κ2) is 6.46. The summed E-state index contributed by atoms with van der Waals surface area (Å²) in [6, 6.07) is 2.23. The molecular formula is C18H24N6O. The number of piperidine rings is 1. The Morgan fingerprint density at radius 3 is 2.88 bits per heavy atom. The van der Waals surface area contributed by atoms with Crippen LogP contribution >= 0.6 is 0 Å². The number of hydrogen-bond donors (Lipinski definition) is 1. The summed E-state index contributed by atoms with van der Waals surface area (Å²) in [6.45, 7) is 3.80. The Labute approximate surface area is 147 Å². The van der Waals surface area contributed by atoms with Gasteiger partial charge in [-0.1, -0.05) is 0 Å². The Balaban J connectivity index is 1.46. The van der Waals surface area contributed by atoms with Crippen molar-refractivity contribution in [2.75, 3.05) is 18.0 Å². The molecule has 2 aliphatic rings. The third-order valence-corrected chi connectivity index (χ3v) is 5.01. The Hall–Kier alpha value is -2.44. The van der Waals surface area contributed by atoms with Crippen LogP contribution in [0, 0.1) is 6.92 Å². The van der Waals surface area contributed by atoms with Crippen LogP contribution in [0.5, 0.6) is 0 Å². The fourth-order valence-corrected chi connectivity index (χ4v) is 3.66. The van der Waals surface area contributed by atoms with Crippen LogP contribution in [0.15, 0.2) is 18.6 Å². The Morgan fingerprint density at radius 1 is 1.32 bits per heavy atom. The molecule has 2 fully saturated rings. The molecule has 1 saturated heterocycles. The summed E-state index contributed by atoms with van der Waals surface area (Å²) in [4.78, 5) is 23.4. The van der Waals surface area contributed by atoms with E-state index in [1.54, 1.807) is 6.20 Å². The molecule has 1 saturated carbocycles. The van der Waals surface area contributed by atoms with E-state index in [9.17, 15) is 4.79 Å². The molecule has 1 aliphatic heterocycles. The Bertz CT molecular complexity index is 782. The quantitative estimate of drug-likeness (QED) is 0.918. The normalized spacial score (nSPS) is 20.6. The number of aromatic nitrogens is 4. The van der Waals surface area contributed by atoms with E-state index in [1.807, 2.05) is 18.7 Å². The third-order valence-electron chi connectivity index (χ3n) is 5.01. The van der Waals surface area contributed by atoms with Crippen molar-refractivity contribution in [1.82, 2.24) is 25.1 Å². The predicted molar refractivity (Wildman–Crippen MR) is 94.7 cm³/mol. The first-order valence-electron chi connectivity index (χ1n) is 8.98. The summed E-state index contributed by atoms with van der Waals surface area (Å²) in [5.41, 5.74) is 2.56. The monoisotopic (exact) mass is 340 g/mol. The fourth-order valence-electron chi connectivity index (χ4n) is 3.66. The van der Waals surface area contributed by atoms with E-state index in [2.05, 4.69) is 31.3 Å². The number of amides is 1. The summed E-state index contributed by atoms with van der Waals surface area (Å²) < 4.78 is 1.91. The van der Waals surface area contributed by atoms with Crippen LogP contribution in [0.4, 0.5) is 5.82 Å². The number of anilines is 1. The minimum absolute atomic E-state index is 0.0458. The molecule has 7 heteroatoms. The number of rotatable bonds is 4. The number of nitrogens with one attached hydrogen (secondary N) is 1. The molecule has 0 radical (unpaired) electrons. The van der Waals surface area contributed by atoms with Gasteiger partial charge in [0.1, 0.15) is 12.1 Å². The summed E-state index contributed by atoms with van der Waals surface area (Å²) >= 11 is 0. The highest BCUT2D eigenvalue weighted by molar-refractivity contribution is 5.95. The van der Waals surface area contributed by atoms with E-state index in [4.69, 9.17) is 0 Å². The zero-order valence-corrected chi connectivity index (χ0v) is 14.8. The SMILES string of the molecule is Cc1cc(N2CCCC(NC(=O)c3cncnc3C3CC3)C2)n(C)n1. The largest absolute Gasteiger partial charge is 0.355 e. The van der Waals surface area contributed by atoms with E-state index in [0.717, 1.165) is 56.0 Å². The first-order chi connectivity index (χ1) is 12.1. The molecule has 2 aromatic heterocycles. The van der Waals surface area contributed by atoms with E-state index >= 15 is 0 Å². The van der Waals surface area contributed by atoms with Crippen LogP contribution in [0.3, 0.4) is 0 Å². The molecule has 4 rings (SSSR count). The summed E-state index contributed by atoms with van der Waals surface area (Å²) in [6.07, 6.45) is 7.47. The third kappa shape index (κ3) is 3.36. The van der Waals surface area contributed by atoms with Crippen molar-refractivity contribution >= 4 is 11.7 Å². The number of aryl methyl sites for hydroxylation is 2. The van der Waals surface area contributed by atoms with E-state index in [-0.39, 0.29) is 11.9 Å². The molecule has 1 unspecified atom stereocenters. The van der Waals surface area contributed by atoms with Crippen molar-refractivity contribution in [1.29, 1.82) is 0 Å². The number of nitrogens with zero attached hydrogens (tertiary/aromatic N) is 5. The maximum absolute atomic E-state index is 12.8. The molecule has 0 bridgehead atoms.